The molecule has 0 aliphatic heterocycles. The molecule has 21 heavy (non-hydrogen) atoms. The molecule has 0 aromatic heterocycles. The highest BCUT2D eigenvalue weighted by atomic mass is 32.2. The van der Waals surface area contributed by atoms with Gasteiger partial charge in [-0.1, -0.05) is 18.2 Å². The summed E-state index contributed by atoms with van der Waals surface area (Å²) in [5.41, 5.74) is 0.737. The Hall–Kier alpha value is -1.89. The average Bonchev–Trinajstić information content (AvgIpc) is 2.28. The van der Waals surface area contributed by atoms with Gasteiger partial charge in [0.2, 0.25) is 5.91 Å². The Balaban J connectivity index is 2.88. The van der Waals surface area contributed by atoms with Gasteiger partial charge in [-0.2, -0.15) is 0 Å². The van der Waals surface area contributed by atoms with Crippen molar-refractivity contribution >= 4 is 27.4 Å². The van der Waals surface area contributed by atoms with Gasteiger partial charge in [0.1, 0.15) is 5.75 Å². The maximum Gasteiger partial charge on any atom is 0.307 e. The minimum absolute atomic E-state index is 0.248. The monoisotopic (exact) mass is 313 g/mol. The van der Waals surface area contributed by atoms with E-state index in [4.69, 9.17) is 5.11 Å². The summed E-state index contributed by atoms with van der Waals surface area (Å²) in [6, 6.07) is 6.40. The Kier molecular flexibility index (Phi) is 5.11. The summed E-state index contributed by atoms with van der Waals surface area (Å²) in [5.74, 6) is -2.35. The van der Waals surface area contributed by atoms with Crippen LogP contribution in [-0.4, -0.2) is 35.9 Å². The first-order valence-corrected chi connectivity index (χ1v) is 8.00. The molecule has 0 aliphatic rings. The summed E-state index contributed by atoms with van der Waals surface area (Å²) in [6.45, 7) is 4.57. The maximum atomic E-state index is 12.0. The Morgan fingerprint density at radius 2 is 1.76 bits per heavy atom. The van der Waals surface area contributed by atoms with E-state index < -0.39 is 32.2 Å². The first-order valence-electron chi connectivity index (χ1n) is 6.35. The number of carbonyl (C=O) groups excluding carboxylic acids is 1. The van der Waals surface area contributed by atoms with Crippen LogP contribution in [0.15, 0.2) is 24.3 Å². The summed E-state index contributed by atoms with van der Waals surface area (Å²) in [7, 11) is -3.58. The highest BCUT2D eigenvalue weighted by Crippen LogP contribution is 2.18. The number of carboxylic acids is 1. The molecule has 0 saturated carbocycles. The van der Waals surface area contributed by atoms with Crippen molar-refractivity contribution < 1.29 is 23.1 Å². The van der Waals surface area contributed by atoms with Gasteiger partial charge in [-0.15, -0.1) is 0 Å². The summed E-state index contributed by atoms with van der Waals surface area (Å²) in [5, 5.41) is 11.3. The van der Waals surface area contributed by atoms with Crippen molar-refractivity contribution in [2.75, 3.05) is 11.1 Å². The van der Waals surface area contributed by atoms with Gasteiger partial charge in [-0.05, 0) is 32.4 Å². The van der Waals surface area contributed by atoms with Crippen LogP contribution in [0.5, 0.6) is 0 Å². The van der Waals surface area contributed by atoms with E-state index in [1.807, 2.05) is 0 Å². The predicted molar refractivity (Wildman–Crippen MR) is 80.0 cm³/mol. The zero-order valence-electron chi connectivity index (χ0n) is 12.2. The fraction of sp³-hybridized carbons (Fsp3) is 0.429. The zero-order chi connectivity index (χ0) is 16.3. The summed E-state index contributed by atoms with van der Waals surface area (Å²) in [6.07, 6.45) is -0.248. The van der Waals surface area contributed by atoms with E-state index >= 15 is 0 Å². The summed E-state index contributed by atoms with van der Waals surface area (Å²) in [4.78, 5) is 22.6. The van der Waals surface area contributed by atoms with Gasteiger partial charge in [0, 0.05) is 5.69 Å². The Morgan fingerprint density at radius 1 is 1.19 bits per heavy atom. The SMILES string of the molecule is CC(C)(C)S(=O)(=O)CC(=O)Nc1ccccc1CC(=O)O. The zero-order valence-corrected chi connectivity index (χ0v) is 13.0. The molecule has 0 fully saturated rings. The molecule has 1 aromatic rings. The van der Waals surface area contributed by atoms with Crippen molar-refractivity contribution in [3.05, 3.63) is 29.8 Å². The molecule has 0 saturated heterocycles. The van der Waals surface area contributed by atoms with E-state index in [9.17, 15) is 18.0 Å². The van der Waals surface area contributed by atoms with Crippen LogP contribution >= 0.6 is 0 Å². The van der Waals surface area contributed by atoms with Gasteiger partial charge in [-0.25, -0.2) is 8.42 Å². The van der Waals surface area contributed by atoms with E-state index in [1.165, 1.54) is 20.8 Å². The lowest BCUT2D eigenvalue weighted by molar-refractivity contribution is -0.136. The highest BCUT2D eigenvalue weighted by molar-refractivity contribution is 7.93. The van der Waals surface area contributed by atoms with Crippen LogP contribution in [0.4, 0.5) is 5.69 Å². The van der Waals surface area contributed by atoms with E-state index in [0.717, 1.165) is 0 Å². The maximum absolute atomic E-state index is 12.0. The molecule has 6 nitrogen and oxygen atoms in total. The largest absolute Gasteiger partial charge is 0.481 e. The van der Waals surface area contributed by atoms with Crippen LogP contribution in [0, 0.1) is 0 Å². The third-order valence-corrected chi connectivity index (χ3v) is 5.40. The van der Waals surface area contributed by atoms with Crippen molar-refractivity contribution in [2.45, 2.75) is 31.9 Å². The number of carbonyl (C=O) groups is 2. The molecule has 0 aliphatic carbocycles. The molecule has 0 unspecified atom stereocenters. The van der Waals surface area contributed by atoms with E-state index in [-0.39, 0.29) is 6.42 Å². The van der Waals surface area contributed by atoms with Gasteiger partial charge in [0.25, 0.3) is 0 Å². The number of hydrogen-bond acceptors (Lipinski definition) is 4. The lowest BCUT2D eigenvalue weighted by atomic mass is 10.1. The Morgan fingerprint density at radius 3 is 2.29 bits per heavy atom. The lowest BCUT2D eigenvalue weighted by Gasteiger charge is -2.19. The molecule has 116 valence electrons. The quantitative estimate of drug-likeness (QED) is 0.857. The van der Waals surface area contributed by atoms with Crippen LogP contribution < -0.4 is 5.32 Å². The van der Waals surface area contributed by atoms with Crippen molar-refractivity contribution in [3.63, 3.8) is 0 Å². The van der Waals surface area contributed by atoms with Crippen molar-refractivity contribution in [1.29, 1.82) is 0 Å². The fourth-order valence-electron chi connectivity index (χ4n) is 1.53. The third-order valence-electron chi connectivity index (χ3n) is 2.89. The first-order chi connectivity index (χ1) is 9.53. The third kappa shape index (κ3) is 4.86. The van der Waals surface area contributed by atoms with Crippen molar-refractivity contribution in [2.24, 2.45) is 0 Å². The number of carboxylic acid groups (broad SMARTS) is 1. The number of para-hydroxylation sites is 1. The molecular formula is C14H19NO5S. The number of benzene rings is 1. The predicted octanol–water partition coefficient (Wildman–Crippen LogP) is 1.47. The first kappa shape index (κ1) is 17.2. The van der Waals surface area contributed by atoms with Gasteiger partial charge in [-0.3, -0.25) is 9.59 Å². The van der Waals surface area contributed by atoms with Crippen LogP contribution in [0.3, 0.4) is 0 Å². The van der Waals surface area contributed by atoms with Crippen LogP contribution in [0.25, 0.3) is 0 Å². The number of hydrogen-bond donors (Lipinski definition) is 2. The normalized spacial score (nSPS) is 12.0. The number of amides is 1. The minimum Gasteiger partial charge on any atom is -0.481 e. The molecule has 0 heterocycles. The number of nitrogens with one attached hydrogen (secondary N) is 1. The van der Waals surface area contributed by atoms with Crippen LogP contribution in [0.1, 0.15) is 26.3 Å². The topological polar surface area (TPSA) is 101 Å². The summed E-state index contributed by atoms with van der Waals surface area (Å²) < 4.78 is 22.9. The second kappa shape index (κ2) is 6.26. The molecule has 0 spiro atoms. The van der Waals surface area contributed by atoms with Crippen molar-refractivity contribution in [1.82, 2.24) is 0 Å². The van der Waals surface area contributed by atoms with Gasteiger partial charge in [0.05, 0.1) is 11.2 Å². The molecular weight excluding hydrogens is 294 g/mol. The van der Waals surface area contributed by atoms with Gasteiger partial charge < -0.3 is 10.4 Å². The van der Waals surface area contributed by atoms with Crippen LogP contribution in [-0.2, 0) is 25.8 Å². The Labute approximate surface area is 124 Å². The standard InChI is InChI=1S/C14H19NO5S/c1-14(2,3)21(19,20)9-12(16)15-11-7-5-4-6-10(11)8-13(17)18/h4-7H,8-9H2,1-3H3,(H,15,16)(H,17,18). The smallest absolute Gasteiger partial charge is 0.307 e. The molecule has 1 rings (SSSR count). The number of aliphatic carboxylic acids is 1. The second-order valence-electron chi connectivity index (χ2n) is 5.65. The summed E-state index contributed by atoms with van der Waals surface area (Å²) >= 11 is 0. The number of anilines is 1. The number of rotatable bonds is 5. The van der Waals surface area contributed by atoms with Crippen LogP contribution in [0.2, 0.25) is 0 Å². The van der Waals surface area contributed by atoms with E-state index in [0.29, 0.717) is 11.3 Å². The number of sulfone groups is 1. The minimum atomic E-state index is -3.58. The molecule has 1 aromatic carbocycles. The van der Waals surface area contributed by atoms with Crippen molar-refractivity contribution in [3.8, 4) is 0 Å². The molecule has 0 radical (unpaired) electrons. The van der Waals surface area contributed by atoms with Gasteiger partial charge in [0.15, 0.2) is 9.84 Å². The molecule has 0 atom stereocenters. The Bertz CT molecular complexity index is 644. The highest BCUT2D eigenvalue weighted by Gasteiger charge is 2.31. The van der Waals surface area contributed by atoms with E-state index in [1.54, 1.807) is 24.3 Å². The van der Waals surface area contributed by atoms with Gasteiger partial charge >= 0.3 is 5.97 Å². The second-order valence-corrected chi connectivity index (χ2v) is 8.39. The molecule has 0 bridgehead atoms. The molecule has 2 N–H and O–H groups in total. The average molecular weight is 313 g/mol. The fourth-order valence-corrected chi connectivity index (χ4v) is 2.39. The molecule has 1 amide bonds. The lowest BCUT2D eigenvalue weighted by Crippen LogP contribution is -2.35. The van der Waals surface area contributed by atoms with E-state index in [2.05, 4.69) is 5.32 Å². The molecule has 7 heteroatoms.